The van der Waals surface area contributed by atoms with Crippen molar-refractivity contribution in [1.82, 2.24) is 4.98 Å². The normalized spacial score (nSPS) is 10.8. The van der Waals surface area contributed by atoms with Gasteiger partial charge in [-0.25, -0.2) is 17.8 Å². The number of anilines is 1. The van der Waals surface area contributed by atoms with Crippen molar-refractivity contribution in [3.05, 3.63) is 41.2 Å². The van der Waals surface area contributed by atoms with E-state index in [-0.39, 0.29) is 28.6 Å². The van der Waals surface area contributed by atoms with Crippen molar-refractivity contribution >= 4 is 26.5 Å². The van der Waals surface area contributed by atoms with Crippen molar-refractivity contribution in [3.63, 3.8) is 0 Å². The summed E-state index contributed by atoms with van der Waals surface area (Å²) in [5, 5.41) is 10.4. The number of aliphatic hydroxyl groups is 1. The number of thiazole rings is 1. The van der Waals surface area contributed by atoms with Gasteiger partial charge in [0.2, 0.25) is 0 Å². The summed E-state index contributed by atoms with van der Waals surface area (Å²) in [6.07, 6.45) is 1.69. The van der Waals surface area contributed by atoms with Crippen molar-refractivity contribution in [1.29, 1.82) is 0 Å². The van der Waals surface area contributed by atoms with Gasteiger partial charge in [-0.3, -0.25) is 4.72 Å². The van der Waals surface area contributed by atoms with Gasteiger partial charge in [-0.1, -0.05) is 11.8 Å². The molecule has 0 radical (unpaired) electrons. The minimum atomic E-state index is -3.88. The highest BCUT2D eigenvalue weighted by atomic mass is 32.2. The molecule has 0 saturated heterocycles. The Labute approximate surface area is 125 Å². The highest BCUT2D eigenvalue weighted by Gasteiger charge is 2.17. The molecule has 0 aliphatic rings. The van der Waals surface area contributed by atoms with Crippen LogP contribution in [-0.4, -0.2) is 25.1 Å². The standard InChI is InChI=1S/C13H11FN2O3S2/c14-12-9-11(5-4-10(12)3-1-2-7-17)21(18,19)16-13-15-6-8-20-13/h4-6,8-9,17H,2,7H2,(H,15,16). The van der Waals surface area contributed by atoms with Crippen LogP contribution in [0.2, 0.25) is 0 Å². The van der Waals surface area contributed by atoms with Crippen LogP contribution in [0.1, 0.15) is 12.0 Å². The van der Waals surface area contributed by atoms with Gasteiger partial charge >= 0.3 is 0 Å². The molecule has 2 N–H and O–H groups in total. The number of aliphatic hydroxyl groups excluding tert-OH is 1. The van der Waals surface area contributed by atoms with Gasteiger partial charge in [0.25, 0.3) is 10.0 Å². The molecular formula is C13H11FN2O3S2. The van der Waals surface area contributed by atoms with Crippen LogP contribution in [0.3, 0.4) is 0 Å². The van der Waals surface area contributed by atoms with Crippen LogP contribution >= 0.6 is 11.3 Å². The van der Waals surface area contributed by atoms with E-state index in [4.69, 9.17) is 5.11 Å². The van der Waals surface area contributed by atoms with Crippen LogP contribution in [0, 0.1) is 17.7 Å². The summed E-state index contributed by atoms with van der Waals surface area (Å²) in [6, 6.07) is 3.46. The molecule has 0 bridgehead atoms. The molecule has 0 spiro atoms. The second kappa shape index (κ2) is 6.67. The highest BCUT2D eigenvalue weighted by Crippen LogP contribution is 2.19. The van der Waals surface area contributed by atoms with Gasteiger partial charge in [0.1, 0.15) is 5.82 Å². The molecule has 110 valence electrons. The molecule has 0 atom stereocenters. The van der Waals surface area contributed by atoms with Gasteiger partial charge < -0.3 is 5.11 Å². The number of nitrogens with zero attached hydrogens (tertiary/aromatic N) is 1. The molecule has 0 unspecified atom stereocenters. The van der Waals surface area contributed by atoms with Crippen molar-refractivity contribution in [3.8, 4) is 11.8 Å². The Kier molecular flexibility index (Phi) is 4.90. The summed E-state index contributed by atoms with van der Waals surface area (Å²) < 4.78 is 40.2. The Morgan fingerprint density at radius 3 is 2.86 bits per heavy atom. The smallest absolute Gasteiger partial charge is 0.263 e. The van der Waals surface area contributed by atoms with Crippen LogP contribution in [-0.2, 0) is 10.0 Å². The summed E-state index contributed by atoms with van der Waals surface area (Å²) in [5.41, 5.74) is 0.0802. The van der Waals surface area contributed by atoms with Gasteiger partial charge in [0.05, 0.1) is 17.1 Å². The molecule has 5 nitrogen and oxygen atoms in total. The summed E-state index contributed by atoms with van der Waals surface area (Å²) >= 11 is 1.12. The summed E-state index contributed by atoms with van der Waals surface area (Å²) in [4.78, 5) is 3.60. The number of sulfonamides is 1. The quantitative estimate of drug-likeness (QED) is 0.840. The monoisotopic (exact) mass is 326 g/mol. The van der Waals surface area contributed by atoms with E-state index in [1.54, 1.807) is 5.38 Å². The largest absolute Gasteiger partial charge is 0.395 e. The Hall–Kier alpha value is -1.95. The number of hydrogen-bond acceptors (Lipinski definition) is 5. The van der Waals surface area contributed by atoms with Gasteiger partial charge in [-0.2, -0.15) is 0 Å². The van der Waals surface area contributed by atoms with Crippen LogP contribution < -0.4 is 4.72 Å². The highest BCUT2D eigenvalue weighted by molar-refractivity contribution is 7.93. The van der Waals surface area contributed by atoms with Crippen molar-refractivity contribution in [2.24, 2.45) is 0 Å². The SMILES string of the molecule is O=S(=O)(Nc1nccs1)c1ccc(C#CCCO)c(F)c1. The molecule has 1 heterocycles. The maximum absolute atomic E-state index is 13.8. The zero-order valence-corrected chi connectivity index (χ0v) is 12.3. The summed E-state index contributed by atoms with van der Waals surface area (Å²) in [7, 11) is -3.88. The Bertz CT molecular complexity index is 777. The number of benzene rings is 1. The fourth-order valence-corrected chi connectivity index (χ4v) is 3.23. The first kappa shape index (κ1) is 15.4. The molecular weight excluding hydrogens is 315 g/mol. The van der Waals surface area contributed by atoms with Crippen LogP contribution in [0.15, 0.2) is 34.7 Å². The molecule has 8 heteroatoms. The van der Waals surface area contributed by atoms with Crippen LogP contribution in [0.5, 0.6) is 0 Å². The predicted octanol–water partition coefficient (Wildman–Crippen LogP) is 1.82. The molecule has 0 fully saturated rings. The van der Waals surface area contributed by atoms with E-state index in [0.29, 0.717) is 0 Å². The van der Waals surface area contributed by atoms with E-state index in [1.807, 2.05) is 0 Å². The molecule has 2 aromatic rings. The maximum atomic E-state index is 13.8. The van der Waals surface area contributed by atoms with Gasteiger partial charge in [-0.15, -0.1) is 11.3 Å². The lowest BCUT2D eigenvalue weighted by Gasteiger charge is -2.05. The first-order chi connectivity index (χ1) is 10.0. The van der Waals surface area contributed by atoms with E-state index in [9.17, 15) is 12.8 Å². The average Bonchev–Trinajstić information content (AvgIpc) is 2.93. The van der Waals surface area contributed by atoms with Crippen LogP contribution in [0.4, 0.5) is 9.52 Å². The Morgan fingerprint density at radius 1 is 1.43 bits per heavy atom. The minimum Gasteiger partial charge on any atom is -0.395 e. The van der Waals surface area contributed by atoms with E-state index in [2.05, 4.69) is 21.5 Å². The summed E-state index contributed by atoms with van der Waals surface area (Å²) in [6.45, 7) is -0.112. The number of hydrogen-bond donors (Lipinski definition) is 2. The molecule has 1 aromatic heterocycles. The van der Waals surface area contributed by atoms with Gasteiger partial charge in [0, 0.05) is 18.0 Å². The molecule has 0 saturated carbocycles. The Balaban J connectivity index is 2.25. The Morgan fingerprint density at radius 2 is 2.24 bits per heavy atom. The third-order valence-corrected chi connectivity index (χ3v) is 4.52. The number of aromatic nitrogens is 1. The van der Waals surface area contributed by atoms with Crippen molar-refractivity contribution in [2.75, 3.05) is 11.3 Å². The lowest BCUT2D eigenvalue weighted by atomic mass is 10.2. The van der Waals surface area contributed by atoms with E-state index in [0.717, 1.165) is 17.4 Å². The first-order valence-corrected chi connectivity index (χ1v) is 8.21. The van der Waals surface area contributed by atoms with E-state index in [1.165, 1.54) is 18.3 Å². The van der Waals surface area contributed by atoms with E-state index >= 15 is 0 Å². The number of nitrogens with one attached hydrogen (secondary N) is 1. The third-order valence-electron chi connectivity index (χ3n) is 2.36. The molecule has 0 aliphatic heterocycles. The number of halogens is 1. The van der Waals surface area contributed by atoms with Gasteiger partial charge in [0.15, 0.2) is 5.13 Å². The van der Waals surface area contributed by atoms with Crippen molar-refractivity contribution < 1.29 is 17.9 Å². The number of rotatable bonds is 4. The fourth-order valence-electron chi connectivity index (χ4n) is 1.43. The molecule has 21 heavy (non-hydrogen) atoms. The lowest BCUT2D eigenvalue weighted by molar-refractivity contribution is 0.305. The third kappa shape index (κ3) is 4.01. The lowest BCUT2D eigenvalue weighted by Crippen LogP contribution is -2.13. The van der Waals surface area contributed by atoms with E-state index < -0.39 is 15.8 Å². The molecule has 2 rings (SSSR count). The van der Waals surface area contributed by atoms with Crippen LogP contribution in [0.25, 0.3) is 0 Å². The van der Waals surface area contributed by atoms with Gasteiger partial charge in [-0.05, 0) is 18.2 Å². The maximum Gasteiger partial charge on any atom is 0.263 e. The zero-order valence-electron chi connectivity index (χ0n) is 10.7. The first-order valence-electron chi connectivity index (χ1n) is 5.84. The topological polar surface area (TPSA) is 79.3 Å². The zero-order chi connectivity index (χ0) is 15.3. The molecule has 0 amide bonds. The molecule has 1 aromatic carbocycles. The second-order valence-corrected chi connectivity index (χ2v) is 6.44. The predicted molar refractivity (Wildman–Crippen MR) is 77.9 cm³/mol. The summed E-state index contributed by atoms with van der Waals surface area (Å²) in [5.74, 6) is 4.37. The second-order valence-electron chi connectivity index (χ2n) is 3.86. The fraction of sp³-hybridized carbons (Fsp3) is 0.154. The average molecular weight is 326 g/mol. The van der Waals surface area contributed by atoms with Crippen molar-refractivity contribution in [2.45, 2.75) is 11.3 Å². The minimum absolute atomic E-state index is 0.0802. The molecule has 0 aliphatic carbocycles.